The fourth-order valence-electron chi connectivity index (χ4n) is 1.41. The van der Waals surface area contributed by atoms with Gasteiger partial charge < -0.3 is 10.2 Å². The van der Waals surface area contributed by atoms with E-state index in [0.29, 0.717) is 12.4 Å². The van der Waals surface area contributed by atoms with Gasteiger partial charge in [-0.15, -0.1) is 0 Å². The zero-order valence-electron chi connectivity index (χ0n) is 8.03. The summed E-state index contributed by atoms with van der Waals surface area (Å²) in [6.07, 6.45) is 3.85. The fraction of sp³-hybridized carbons (Fsp3) is 0.182. The van der Waals surface area contributed by atoms with Crippen molar-refractivity contribution < 1.29 is 4.42 Å². The van der Waals surface area contributed by atoms with Gasteiger partial charge in [-0.3, -0.25) is 0 Å². The summed E-state index contributed by atoms with van der Waals surface area (Å²) in [5, 5.41) is 0. The first-order chi connectivity index (χ1) is 6.81. The first-order valence-corrected chi connectivity index (χ1v) is 4.54. The van der Waals surface area contributed by atoms with Crippen molar-refractivity contribution in [1.82, 2.24) is 4.98 Å². The zero-order chi connectivity index (χ0) is 9.97. The van der Waals surface area contributed by atoms with E-state index in [1.165, 1.54) is 0 Å². The number of benzene rings is 1. The number of hydrogen-bond donors (Lipinski definition) is 1. The predicted molar refractivity (Wildman–Crippen MR) is 56.8 cm³/mol. The summed E-state index contributed by atoms with van der Waals surface area (Å²) in [7, 11) is 0. The molecule has 0 amide bonds. The number of nitrogens with zero attached hydrogens (tertiary/aromatic N) is 1. The normalized spacial score (nSPS) is 11.6. The van der Waals surface area contributed by atoms with Crippen molar-refractivity contribution in [2.45, 2.75) is 6.92 Å². The highest BCUT2D eigenvalue weighted by Crippen LogP contribution is 2.20. The van der Waals surface area contributed by atoms with Gasteiger partial charge in [-0.25, -0.2) is 4.98 Å². The van der Waals surface area contributed by atoms with Crippen LogP contribution in [0.2, 0.25) is 0 Å². The lowest BCUT2D eigenvalue weighted by Gasteiger charge is -1.92. The molecule has 0 fully saturated rings. The number of para-hydroxylation sites is 1. The average molecular weight is 188 g/mol. The van der Waals surface area contributed by atoms with Gasteiger partial charge >= 0.3 is 0 Å². The Morgan fingerprint density at radius 2 is 2.36 bits per heavy atom. The molecule has 0 spiro atoms. The van der Waals surface area contributed by atoms with Gasteiger partial charge in [0.2, 0.25) is 0 Å². The second-order valence-corrected chi connectivity index (χ2v) is 3.07. The summed E-state index contributed by atoms with van der Waals surface area (Å²) >= 11 is 0. The molecule has 0 radical (unpaired) electrons. The summed E-state index contributed by atoms with van der Waals surface area (Å²) in [5.41, 5.74) is 8.13. The third-order valence-electron chi connectivity index (χ3n) is 1.99. The highest BCUT2D eigenvalue weighted by molar-refractivity contribution is 5.82. The molecule has 1 aromatic carbocycles. The maximum atomic E-state index is 5.49. The largest absolute Gasteiger partial charge is 0.440 e. The van der Waals surface area contributed by atoms with E-state index in [-0.39, 0.29) is 0 Å². The van der Waals surface area contributed by atoms with Gasteiger partial charge in [0.25, 0.3) is 0 Å². The Morgan fingerprint density at radius 1 is 1.50 bits per heavy atom. The van der Waals surface area contributed by atoms with E-state index >= 15 is 0 Å². The van der Waals surface area contributed by atoms with Crippen molar-refractivity contribution in [3.8, 4) is 0 Å². The number of nitrogens with two attached hydrogens (primary N) is 1. The Kier molecular flexibility index (Phi) is 2.33. The maximum Gasteiger partial charge on any atom is 0.192 e. The van der Waals surface area contributed by atoms with Crippen molar-refractivity contribution in [1.29, 1.82) is 0 Å². The molecule has 3 heteroatoms. The third kappa shape index (κ3) is 1.54. The first-order valence-electron chi connectivity index (χ1n) is 4.54. The Hall–Kier alpha value is -1.61. The van der Waals surface area contributed by atoms with E-state index < -0.39 is 0 Å². The summed E-state index contributed by atoms with van der Waals surface area (Å²) in [6.45, 7) is 2.37. The SMILES string of the molecule is Cc1nc2cccc(/C=C/CN)c2o1. The molecule has 0 atom stereocenters. The van der Waals surface area contributed by atoms with Gasteiger partial charge in [0.1, 0.15) is 5.52 Å². The maximum absolute atomic E-state index is 5.49. The molecule has 2 rings (SSSR count). The average Bonchev–Trinajstić information content (AvgIpc) is 2.55. The molecule has 3 nitrogen and oxygen atoms in total. The summed E-state index contributed by atoms with van der Waals surface area (Å²) in [6, 6.07) is 5.88. The third-order valence-corrected chi connectivity index (χ3v) is 1.99. The summed E-state index contributed by atoms with van der Waals surface area (Å²) in [4.78, 5) is 4.25. The molecule has 0 saturated heterocycles. The molecule has 1 heterocycles. The lowest BCUT2D eigenvalue weighted by Crippen LogP contribution is -1.91. The van der Waals surface area contributed by atoms with Gasteiger partial charge in [0, 0.05) is 19.0 Å². The predicted octanol–water partition coefficient (Wildman–Crippen LogP) is 2.11. The minimum Gasteiger partial charge on any atom is -0.440 e. The van der Waals surface area contributed by atoms with Crippen LogP contribution in [0.1, 0.15) is 11.5 Å². The van der Waals surface area contributed by atoms with Crippen LogP contribution in [-0.4, -0.2) is 11.5 Å². The minimum absolute atomic E-state index is 0.531. The Morgan fingerprint density at radius 3 is 3.14 bits per heavy atom. The molecule has 0 aliphatic heterocycles. The first kappa shape index (κ1) is 8.97. The van der Waals surface area contributed by atoms with Crippen LogP contribution in [0.4, 0.5) is 0 Å². The minimum atomic E-state index is 0.531. The molecule has 0 aliphatic rings. The molecule has 0 saturated carbocycles. The standard InChI is InChI=1S/C11H12N2O/c1-8-13-10-6-2-4-9(5-3-7-12)11(10)14-8/h2-6H,7,12H2,1H3/b5-3+. The van der Waals surface area contributed by atoms with Crippen LogP contribution >= 0.6 is 0 Å². The molecule has 0 bridgehead atoms. The van der Waals surface area contributed by atoms with E-state index in [2.05, 4.69) is 4.98 Å². The molecule has 72 valence electrons. The highest BCUT2D eigenvalue weighted by atomic mass is 16.3. The molecular formula is C11H12N2O. The lowest BCUT2D eigenvalue weighted by molar-refractivity contribution is 0.560. The Bertz CT molecular complexity index is 471. The van der Waals surface area contributed by atoms with Crippen molar-refractivity contribution in [3.63, 3.8) is 0 Å². The van der Waals surface area contributed by atoms with Gasteiger partial charge in [-0.1, -0.05) is 24.3 Å². The van der Waals surface area contributed by atoms with Crippen molar-refractivity contribution in [3.05, 3.63) is 35.7 Å². The van der Waals surface area contributed by atoms with Crippen molar-refractivity contribution >= 4 is 17.2 Å². The van der Waals surface area contributed by atoms with E-state index in [9.17, 15) is 0 Å². The molecule has 2 aromatic rings. The van der Waals surface area contributed by atoms with Crippen LogP contribution in [0, 0.1) is 6.92 Å². The monoisotopic (exact) mass is 188 g/mol. The van der Waals surface area contributed by atoms with Gasteiger partial charge in [-0.05, 0) is 6.07 Å². The van der Waals surface area contributed by atoms with Gasteiger partial charge in [0.05, 0.1) is 0 Å². The highest BCUT2D eigenvalue weighted by Gasteiger charge is 2.04. The van der Waals surface area contributed by atoms with E-state index in [0.717, 1.165) is 16.7 Å². The number of fused-ring (bicyclic) bond motifs is 1. The summed E-state index contributed by atoms with van der Waals surface area (Å²) in [5.74, 6) is 0.689. The Labute approximate surface area is 82.2 Å². The topological polar surface area (TPSA) is 52.0 Å². The number of hydrogen-bond acceptors (Lipinski definition) is 3. The quantitative estimate of drug-likeness (QED) is 0.785. The molecule has 0 aliphatic carbocycles. The molecule has 0 unspecified atom stereocenters. The fourth-order valence-corrected chi connectivity index (χ4v) is 1.41. The second-order valence-electron chi connectivity index (χ2n) is 3.07. The second kappa shape index (κ2) is 3.64. The molecule has 2 N–H and O–H groups in total. The van der Waals surface area contributed by atoms with Crippen molar-refractivity contribution in [2.24, 2.45) is 5.73 Å². The Balaban J connectivity index is 2.58. The van der Waals surface area contributed by atoms with Crippen molar-refractivity contribution in [2.75, 3.05) is 6.54 Å². The molecular weight excluding hydrogens is 176 g/mol. The lowest BCUT2D eigenvalue weighted by atomic mass is 10.2. The van der Waals surface area contributed by atoms with Gasteiger partial charge in [0.15, 0.2) is 11.5 Å². The zero-order valence-corrected chi connectivity index (χ0v) is 8.03. The number of aromatic nitrogens is 1. The number of oxazole rings is 1. The van der Waals surface area contributed by atoms with E-state index in [1.807, 2.05) is 37.3 Å². The number of aryl methyl sites for hydroxylation is 1. The van der Waals surface area contributed by atoms with Crippen LogP contribution in [0.5, 0.6) is 0 Å². The number of rotatable bonds is 2. The molecule has 1 aromatic heterocycles. The molecule has 14 heavy (non-hydrogen) atoms. The summed E-state index contributed by atoms with van der Waals surface area (Å²) < 4.78 is 5.49. The van der Waals surface area contributed by atoms with Crippen LogP contribution in [0.25, 0.3) is 17.2 Å². The van der Waals surface area contributed by atoms with Crippen LogP contribution in [0.15, 0.2) is 28.7 Å². The van der Waals surface area contributed by atoms with E-state index in [4.69, 9.17) is 10.2 Å². The van der Waals surface area contributed by atoms with Crippen LogP contribution < -0.4 is 5.73 Å². The van der Waals surface area contributed by atoms with Crippen LogP contribution in [-0.2, 0) is 0 Å². The van der Waals surface area contributed by atoms with E-state index in [1.54, 1.807) is 0 Å². The van der Waals surface area contributed by atoms with Crippen LogP contribution in [0.3, 0.4) is 0 Å². The smallest absolute Gasteiger partial charge is 0.192 e. The van der Waals surface area contributed by atoms with Gasteiger partial charge in [-0.2, -0.15) is 0 Å².